The second-order valence-corrected chi connectivity index (χ2v) is 5.69. The number of halogens is 1. The van der Waals surface area contributed by atoms with Crippen molar-refractivity contribution in [3.05, 3.63) is 23.2 Å². The third kappa shape index (κ3) is 4.10. The van der Waals surface area contributed by atoms with E-state index in [1.807, 2.05) is 6.92 Å². The standard InChI is InChI=1S/C15H19ClN4O/c1-10(20(8-2-7-17)12-4-5-12)15(21)19-11-3-6-13(16)14(18)9-11/h3,6,9-10,12H,2,4-5,8,18H2,1H3,(H,19,21). The zero-order chi connectivity index (χ0) is 15.4. The third-order valence-corrected chi connectivity index (χ3v) is 3.98. The third-order valence-electron chi connectivity index (χ3n) is 3.64. The first-order chi connectivity index (χ1) is 10.0. The van der Waals surface area contributed by atoms with Gasteiger partial charge in [0.2, 0.25) is 5.91 Å². The number of hydrogen-bond acceptors (Lipinski definition) is 4. The van der Waals surface area contributed by atoms with Crippen molar-refractivity contribution in [2.24, 2.45) is 0 Å². The van der Waals surface area contributed by atoms with Gasteiger partial charge < -0.3 is 11.1 Å². The van der Waals surface area contributed by atoms with Gasteiger partial charge in [-0.3, -0.25) is 9.69 Å². The average Bonchev–Trinajstić information content (AvgIpc) is 3.27. The van der Waals surface area contributed by atoms with E-state index in [1.165, 1.54) is 0 Å². The maximum Gasteiger partial charge on any atom is 0.241 e. The Morgan fingerprint density at radius 3 is 2.90 bits per heavy atom. The van der Waals surface area contributed by atoms with Crippen molar-refractivity contribution in [1.29, 1.82) is 5.26 Å². The highest BCUT2D eigenvalue weighted by Gasteiger charge is 2.34. The maximum atomic E-state index is 12.3. The van der Waals surface area contributed by atoms with Gasteiger partial charge in [0.05, 0.1) is 22.8 Å². The van der Waals surface area contributed by atoms with Crippen molar-refractivity contribution in [2.75, 3.05) is 17.6 Å². The molecule has 1 aliphatic carbocycles. The molecule has 5 nitrogen and oxygen atoms in total. The van der Waals surface area contributed by atoms with E-state index in [-0.39, 0.29) is 11.9 Å². The number of nitrogens with zero attached hydrogens (tertiary/aromatic N) is 2. The Balaban J connectivity index is 2.00. The summed E-state index contributed by atoms with van der Waals surface area (Å²) in [6.07, 6.45) is 2.62. The molecule has 112 valence electrons. The lowest BCUT2D eigenvalue weighted by atomic mass is 10.2. The predicted molar refractivity (Wildman–Crippen MR) is 83.9 cm³/mol. The van der Waals surface area contributed by atoms with Crippen molar-refractivity contribution in [2.45, 2.75) is 38.3 Å². The van der Waals surface area contributed by atoms with E-state index in [1.54, 1.807) is 18.2 Å². The number of benzene rings is 1. The van der Waals surface area contributed by atoms with Crippen LogP contribution in [0.25, 0.3) is 0 Å². The van der Waals surface area contributed by atoms with Crippen LogP contribution in [0.1, 0.15) is 26.2 Å². The molecule has 1 amide bonds. The molecule has 0 aromatic heterocycles. The fourth-order valence-electron chi connectivity index (χ4n) is 2.30. The Morgan fingerprint density at radius 2 is 2.33 bits per heavy atom. The average molecular weight is 307 g/mol. The Hall–Kier alpha value is -1.77. The van der Waals surface area contributed by atoms with Crippen LogP contribution in [0.3, 0.4) is 0 Å². The number of anilines is 2. The normalized spacial score (nSPS) is 15.5. The molecule has 1 saturated carbocycles. The minimum absolute atomic E-state index is 0.0958. The van der Waals surface area contributed by atoms with Crippen LogP contribution in [-0.2, 0) is 4.79 Å². The quantitative estimate of drug-likeness (QED) is 0.792. The molecule has 3 N–H and O–H groups in total. The van der Waals surface area contributed by atoms with Crippen molar-refractivity contribution >= 4 is 28.9 Å². The van der Waals surface area contributed by atoms with Gasteiger partial charge in [-0.15, -0.1) is 0 Å². The maximum absolute atomic E-state index is 12.3. The van der Waals surface area contributed by atoms with E-state index in [4.69, 9.17) is 22.6 Å². The highest BCUT2D eigenvalue weighted by molar-refractivity contribution is 6.33. The smallest absolute Gasteiger partial charge is 0.241 e. The summed E-state index contributed by atoms with van der Waals surface area (Å²) in [6, 6.07) is 7.31. The number of amides is 1. The number of rotatable bonds is 6. The van der Waals surface area contributed by atoms with Crippen LogP contribution in [0, 0.1) is 11.3 Å². The van der Waals surface area contributed by atoms with Crippen LogP contribution < -0.4 is 11.1 Å². The molecule has 1 aliphatic rings. The Labute approximate surface area is 129 Å². The summed E-state index contributed by atoms with van der Waals surface area (Å²) in [5.41, 5.74) is 6.79. The number of carbonyl (C=O) groups excluding carboxylic acids is 1. The number of hydrogen-bond donors (Lipinski definition) is 2. The molecule has 0 aliphatic heterocycles. The molecular weight excluding hydrogens is 288 g/mol. The topological polar surface area (TPSA) is 82.2 Å². The van der Waals surface area contributed by atoms with E-state index in [2.05, 4.69) is 16.3 Å². The van der Waals surface area contributed by atoms with Crippen LogP contribution >= 0.6 is 11.6 Å². The molecule has 1 fully saturated rings. The number of nitrogens with one attached hydrogen (secondary N) is 1. The molecule has 1 atom stereocenters. The summed E-state index contributed by atoms with van der Waals surface area (Å²) in [7, 11) is 0. The Morgan fingerprint density at radius 1 is 1.62 bits per heavy atom. The Kier molecular flexibility index (Phi) is 5.05. The predicted octanol–water partition coefficient (Wildman–Crippen LogP) is 2.63. The van der Waals surface area contributed by atoms with Gasteiger partial charge in [0.15, 0.2) is 0 Å². The largest absolute Gasteiger partial charge is 0.397 e. The van der Waals surface area contributed by atoms with E-state index in [0.717, 1.165) is 12.8 Å². The molecule has 0 radical (unpaired) electrons. The molecule has 1 aromatic carbocycles. The van der Waals surface area contributed by atoms with Gasteiger partial charge >= 0.3 is 0 Å². The molecule has 21 heavy (non-hydrogen) atoms. The van der Waals surface area contributed by atoms with Crippen LogP contribution in [0.5, 0.6) is 0 Å². The molecule has 0 heterocycles. The lowest BCUT2D eigenvalue weighted by Crippen LogP contribution is -2.43. The van der Waals surface area contributed by atoms with E-state index in [0.29, 0.717) is 35.4 Å². The molecule has 0 spiro atoms. The molecular formula is C15H19ClN4O. The van der Waals surface area contributed by atoms with Crippen LogP contribution in [0.2, 0.25) is 5.02 Å². The summed E-state index contributed by atoms with van der Waals surface area (Å²) < 4.78 is 0. The van der Waals surface area contributed by atoms with Gasteiger partial charge in [0.25, 0.3) is 0 Å². The van der Waals surface area contributed by atoms with Gasteiger partial charge in [0, 0.05) is 24.7 Å². The summed E-state index contributed by atoms with van der Waals surface area (Å²) in [5.74, 6) is -0.0958. The molecule has 0 bridgehead atoms. The SMILES string of the molecule is CC(C(=O)Nc1ccc(Cl)c(N)c1)N(CCC#N)C1CC1. The molecule has 2 rings (SSSR count). The number of nitriles is 1. The number of nitrogen functional groups attached to an aromatic ring is 1. The summed E-state index contributed by atoms with van der Waals surface area (Å²) in [6.45, 7) is 2.49. The van der Waals surface area contributed by atoms with Gasteiger partial charge in [-0.05, 0) is 38.0 Å². The fourth-order valence-corrected chi connectivity index (χ4v) is 2.41. The van der Waals surface area contributed by atoms with Crippen molar-refractivity contribution in [3.8, 4) is 6.07 Å². The monoisotopic (exact) mass is 306 g/mol. The van der Waals surface area contributed by atoms with Gasteiger partial charge in [-0.25, -0.2) is 0 Å². The zero-order valence-corrected chi connectivity index (χ0v) is 12.7. The highest BCUT2D eigenvalue weighted by atomic mass is 35.5. The summed E-state index contributed by atoms with van der Waals surface area (Å²) >= 11 is 5.86. The highest BCUT2D eigenvalue weighted by Crippen LogP contribution is 2.29. The molecule has 0 saturated heterocycles. The summed E-state index contributed by atoms with van der Waals surface area (Å²) in [4.78, 5) is 14.4. The number of carbonyl (C=O) groups is 1. The number of nitrogens with two attached hydrogens (primary N) is 1. The molecule has 1 unspecified atom stereocenters. The molecule has 6 heteroatoms. The van der Waals surface area contributed by atoms with Crippen LogP contribution in [-0.4, -0.2) is 29.4 Å². The van der Waals surface area contributed by atoms with Crippen LogP contribution in [0.15, 0.2) is 18.2 Å². The van der Waals surface area contributed by atoms with Crippen LogP contribution in [0.4, 0.5) is 11.4 Å². The van der Waals surface area contributed by atoms with Crippen molar-refractivity contribution in [3.63, 3.8) is 0 Å². The lowest BCUT2D eigenvalue weighted by molar-refractivity contribution is -0.121. The second kappa shape index (κ2) is 6.79. The van der Waals surface area contributed by atoms with Gasteiger partial charge in [-0.2, -0.15) is 5.26 Å². The zero-order valence-electron chi connectivity index (χ0n) is 12.0. The van der Waals surface area contributed by atoms with E-state index in [9.17, 15) is 4.79 Å². The lowest BCUT2D eigenvalue weighted by Gasteiger charge is -2.27. The Bertz CT molecular complexity index is 565. The van der Waals surface area contributed by atoms with Gasteiger partial charge in [-0.1, -0.05) is 11.6 Å². The first kappa shape index (κ1) is 15.6. The minimum Gasteiger partial charge on any atom is -0.397 e. The van der Waals surface area contributed by atoms with E-state index < -0.39 is 0 Å². The second-order valence-electron chi connectivity index (χ2n) is 5.28. The first-order valence-corrected chi connectivity index (χ1v) is 7.39. The minimum atomic E-state index is -0.275. The van der Waals surface area contributed by atoms with Crippen molar-refractivity contribution < 1.29 is 4.79 Å². The summed E-state index contributed by atoms with van der Waals surface area (Å²) in [5, 5.41) is 12.0. The van der Waals surface area contributed by atoms with Crippen molar-refractivity contribution in [1.82, 2.24) is 4.90 Å². The van der Waals surface area contributed by atoms with E-state index >= 15 is 0 Å². The molecule has 1 aromatic rings. The van der Waals surface area contributed by atoms with Gasteiger partial charge in [0.1, 0.15) is 0 Å². The fraction of sp³-hybridized carbons (Fsp3) is 0.467. The first-order valence-electron chi connectivity index (χ1n) is 7.01.